The van der Waals surface area contributed by atoms with E-state index in [1.165, 1.54) is 22.8 Å². The fourth-order valence-electron chi connectivity index (χ4n) is 2.44. The molecule has 2 nitrogen and oxygen atoms in total. The monoisotopic (exact) mass is 226 g/mol. The fraction of sp³-hybridized carbons (Fsp3) is 0.333. The summed E-state index contributed by atoms with van der Waals surface area (Å²) in [5, 5.41) is 9.62. The molecule has 2 aromatic carbocycles. The van der Waals surface area contributed by atoms with Gasteiger partial charge in [0, 0.05) is 19.1 Å². The Labute approximate surface area is 102 Å². The molecule has 0 aliphatic carbocycles. The Morgan fingerprint density at radius 3 is 2.82 bits per heavy atom. The van der Waals surface area contributed by atoms with Crippen molar-refractivity contribution in [2.24, 2.45) is 0 Å². The van der Waals surface area contributed by atoms with E-state index in [0.717, 1.165) is 19.6 Å². The van der Waals surface area contributed by atoms with Gasteiger partial charge in [0.2, 0.25) is 0 Å². The van der Waals surface area contributed by atoms with Gasteiger partial charge in [-0.2, -0.15) is 0 Å². The van der Waals surface area contributed by atoms with Gasteiger partial charge in [-0.15, -0.1) is 0 Å². The molecule has 0 bridgehead atoms. The number of hydrogen-bond acceptors (Lipinski definition) is 2. The first kappa shape index (κ1) is 10.8. The molecule has 2 N–H and O–H groups in total. The van der Waals surface area contributed by atoms with Gasteiger partial charge in [-0.3, -0.25) is 0 Å². The highest BCUT2D eigenvalue weighted by Crippen LogP contribution is 2.15. The molecule has 2 heteroatoms. The molecule has 0 saturated carbocycles. The average Bonchev–Trinajstić information content (AvgIpc) is 2.89. The van der Waals surface area contributed by atoms with E-state index >= 15 is 0 Å². The summed E-state index contributed by atoms with van der Waals surface area (Å²) in [6.07, 6.45) is 1.24. The van der Waals surface area contributed by atoms with Crippen molar-refractivity contribution in [1.82, 2.24) is 10.6 Å². The molecular formula is C15H18N2. The van der Waals surface area contributed by atoms with Crippen molar-refractivity contribution >= 4 is 10.8 Å². The predicted octanol–water partition coefficient (Wildman–Crippen LogP) is 2.29. The lowest BCUT2D eigenvalue weighted by Gasteiger charge is -2.11. The van der Waals surface area contributed by atoms with Gasteiger partial charge >= 0.3 is 0 Å². The molecule has 1 unspecified atom stereocenters. The van der Waals surface area contributed by atoms with Gasteiger partial charge in [-0.05, 0) is 35.4 Å². The quantitative estimate of drug-likeness (QED) is 0.839. The largest absolute Gasteiger partial charge is 0.315 e. The van der Waals surface area contributed by atoms with Crippen LogP contribution in [0, 0.1) is 0 Å². The zero-order chi connectivity index (χ0) is 11.5. The fourth-order valence-corrected chi connectivity index (χ4v) is 2.44. The van der Waals surface area contributed by atoms with Gasteiger partial charge in [0.15, 0.2) is 0 Å². The molecular weight excluding hydrogens is 208 g/mol. The Kier molecular flexibility index (Phi) is 3.08. The second-order valence-electron chi connectivity index (χ2n) is 4.75. The number of fused-ring (bicyclic) bond motifs is 1. The highest BCUT2D eigenvalue weighted by atomic mass is 15.0. The Bertz CT molecular complexity index is 501. The highest BCUT2D eigenvalue weighted by molar-refractivity contribution is 5.82. The zero-order valence-electron chi connectivity index (χ0n) is 9.95. The van der Waals surface area contributed by atoms with Gasteiger partial charge in [0.05, 0.1) is 0 Å². The van der Waals surface area contributed by atoms with Gasteiger partial charge in [-0.1, -0.05) is 36.4 Å². The summed E-state index contributed by atoms with van der Waals surface area (Å²) in [6.45, 7) is 3.22. The molecule has 1 atom stereocenters. The number of benzene rings is 2. The van der Waals surface area contributed by atoms with E-state index < -0.39 is 0 Å². The van der Waals surface area contributed by atoms with Crippen LogP contribution in [0.1, 0.15) is 12.0 Å². The first-order valence-electron chi connectivity index (χ1n) is 6.33. The maximum atomic E-state index is 3.60. The van der Waals surface area contributed by atoms with E-state index in [2.05, 4.69) is 53.1 Å². The molecule has 0 amide bonds. The summed E-state index contributed by atoms with van der Waals surface area (Å²) in [6, 6.07) is 15.9. The molecule has 0 aromatic heterocycles. The van der Waals surface area contributed by atoms with Crippen molar-refractivity contribution in [1.29, 1.82) is 0 Å². The minimum atomic E-state index is 0.640. The van der Waals surface area contributed by atoms with Crippen molar-refractivity contribution in [3.8, 4) is 0 Å². The van der Waals surface area contributed by atoms with Gasteiger partial charge < -0.3 is 10.6 Å². The second-order valence-corrected chi connectivity index (χ2v) is 4.75. The topological polar surface area (TPSA) is 24.1 Å². The van der Waals surface area contributed by atoms with Crippen LogP contribution in [0.15, 0.2) is 42.5 Å². The Morgan fingerprint density at radius 1 is 1.12 bits per heavy atom. The average molecular weight is 226 g/mol. The van der Waals surface area contributed by atoms with E-state index in [0.29, 0.717) is 6.04 Å². The van der Waals surface area contributed by atoms with Crippen LogP contribution in [-0.2, 0) is 6.54 Å². The molecule has 1 fully saturated rings. The standard InChI is InChI=1S/C15H18N2/c1-2-4-14-9-12(5-6-13(14)3-1)10-17-15-7-8-16-11-15/h1-6,9,15-17H,7-8,10-11H2. The first-order chi connectivity index (χ1) is 8.42. The third-order valence-corrected chi connectivity index (χ3v) is 3.47. The lowest BCUT2D eigenvalue weighted by molar-refractivity contribution is 0.547. The molecule has 2 aromatic rings. The number of nitrogens with one attached hydrogen (secondary N) is 2. The molecule has 1 heterocycles. The summed E-state index contributed by atoms with van der Waals surface area (Å²) in [5.74, 6) is 0. The van der Waals surface area contributed by atoms with Crippen LogP contribution in [0.25, 0.3) is 10.8 Å². The molecule has 1 aliphatic heterocycles. The molecule has 0 radical (unpaired) electrons. The van der Waals surface area contributed by atoms with Crippen LogP contribution < -0.4 is 10.6 Å². The van der Waals surface area contributed by atoms with Crippen molar-refractivity contribution in [3.05, 3.63) is 48.0 Å². The molecule has 1 saturated heterocycles. The summed E-state index contributed by atoms with van der Waals surface area (Å²) in [4.78, 5) is 0. The van der Waals surface area contributed by atoms with Gasteiger partial charge in [0.25, 0.3) is 0 Å². The van der Waals surface area contributed by atoms with Gasteiger partial charge in [0.1, 0.15) is 0 Å². The van der Waals surface area contributed by atoms with Crippen LogP contribution in [-0.4, -0.2) is 19.1 Å². The van der Waals surface area contributed by atoms with Crippen LogP contribution in [0.4, 0.5) is 0 Å². The highest BCUT2D eigenvalue weighted by Gasteiger charge is 2.12. The van der Waals surface area contributed by atoms with E-state index in [9.17, 15) is 0 Å². The molecule has 88 valence electrons. The third kappa shape index (κ3) is 2.48. The first-order valence-corrected chi connectivity index (χ1v) is 6.33. The normalized spacial score (nSPS) is 19.9. The summed E-state index contributed by atoms with van der Waals surface area (Å²) < 4.78 is 0. The maximum Gasteiger partial charge on any atom is 0.0208 e. The van der Waals surface area contributed by atoms with E-state index in [1.807, 2.05) is 0 Å². The van der Waals surface area contributed by atoms with Crippen molar-refractivity contribution in [3.63, 3.8) is 0 Å². The lowest BCUT2D eigenvalue weighted by Crippen LogP contribution is -2.30. The molecule has 17 heavy (non-hydrogen) atoms. The summed E-state index contributed by atoms with van der Waals surface area (Å²) in [7, 11) is 0. The molecule has 1 aliphatic rings. The minimum absolute atomic E-state index is 0.640. The summed E-state index contributed by atoms with van der Waals surface area (Å²) in [5.41, 5.74) is 1.37. The maximum absolute atomic E-state index is 3.60. The third-order valence-electron chi connectivity index (χ3n) is 3.47. The zero-order valence-corrected chi connectivity index (χ0v) is 9.95. The molecule has 0 spiro atoms. The van der Waals surface area contributed by atoms with Crippen LogP contribution in [0.5, 0.6) is 0 Å². The SMILES string of the molecule is c1ccc2cc(CNC3CCNC3)ccc2c1. The van der Waals surface area contributed by atoms with Crippen molar-refractivity contribution in [2.75, 3.05) is 13.1 Å². The Hall–Kier alpha value is -1.38. The van der Waals surface area contributed by atoms with E-state index in [1.54, 1.807) is 0 Å². The van der Waals surface area contributed by atoms with Crippen molar-refractivity contribution < 1.29 is 0 Å². The Morgan fingerprint density at radius 2 is 2.00 bits per heavy atom. The minimum Gasteiger partial charge on any atom is -0.315 e. The van der Waals surface area contributed by atoms with E-state index in [4.69, 9.17) is 0 Å². The Balaban J connectivity index is 1.72. The van der Waals surface area contributed by atoms with E-state index in [-0.39, 0.29) is 0 Å². The van der Waals surface area contributed by atoms with Crippen molar-refractivity contribution in [2.45, 2.75) is 19.0 Å². The smallest absolute Gasteiger partial charge is 0.0208 e. The van der Waals surface area contributed by atoms with Crippen LogP contribution >= 0.6 is 0 Å². The number of hydrogen-bond donors (Lipinski definition) is 2. The second kappa shape index (κ2) is 4.86. The van der Waals surface area contributed by atoms with Crippen LogP contribution in [0.3, 0.4) is 0 Å². The molecule has 3 rings (SSSR count). The van der Waals surface area contributed by atoms with Crippen LogP contribution in [0.2, 0.25) is 0 Å². The number of rotatable bonds is 3. The summed E-state index contributed by atoms with van der Waals surface area (Å²) >= 11 is 0. The predicted molar refractivity (Wildman–Crippen MR) is 72.1 cm³/mol. The lowest BCUT2D eigenvalue weighted by atomic mass is 10.1. The van der Waals surface area contributed by atoms with Gasteiger partial charge in [-0.25, -0.2) is 0 Å².